The second-order valence-electron chi connectivity index (χ2n) is 3.15. The molecule has 0 radical (unpaired) electrons. The van der Waals surface area contributed by atoms with Crippen LogP contribution in [0.1, 0.15) is 12.5 Å². The number of aliphatic hydroxyl groups excluding tert-OH is 1. The van der Waals surface area contributed by atoms with Crippen LogP contribution < -0.4 is 0 Å². The van der Waals surface area contributed by atoms with Gasteiger partial charge in [-0.05, 0) is 37.3 Å². The Kier molecular flexibility index (Phi) is 4.23. The number of hydrogen-bond donors (Lipinski definition) is 1. The molecule has 0 amide bonds. The molecule has 0 saturated heterocycles. The van der Waals surface area contributed by atoms with Crippen LogP contribution in [0.15, 0.2) is 17.0 Å². The van der Waals surface area contributed by atoms with E-state index in [-0.39, 0.29) is 5.82 Å². The van der Waals surface area contributed by atoms with E-state index in [9.17, 15) is 4.39 Å². The third-order valence-corrected chi connectivity index (χ3v) is 3.03. The fraction of sp³-hybridized carbons (Fsp3) is 0.400. The largest absolute Gasteiger partial charge is 0.393 e. The van der Waals surface area contributed by atoms with Crippen LogP contribution in [0.25, 0.3) is 0 Å². The zero-order valence-corrected chi connectivity index (χ0v) is 9.62. The summed E-state index contributed by atoms with van der Waals surface area (Å²) >= 11 is 7.16. The van der Waals surface area contributed by atoms with E-state index in [2.05, 4.69) is 0 Å². The number of thioether (sulfide) groups is 1. The van der Waals surface area contributed by atoms with Crippen LogP contribution in [0.3, 0.4) is 0 Å². The molecular weight excluding hydrogens is 223 g/mol. The predicted molar refractivity (Wildman–Crippen MR) is 58.6 cm³/mol. The van der Waals surface area contributed by atoms with Crippen LogP contribution in [0.5, 0.6) is 0 Å². The Labute approximate surface area is 92.3 Å². The average Bonchev–Trinajstić information content (AvgIpc) is 2.01. The van der Waals surface area contributed by atoms with Gasteiger partial charge >= 0.3 is 0 Å². The summed E-state index contributed by atoms with van der Waals surface area (Å²) < 4.78 is 13.4. The van der Waals surface area contributed by atoms with Gasteiger partial charge in [0, 0.05) is 0 Å². The second-order valence-corrected chi connectivity index (χ2v) is 4.37. The number of aliphatic hydroxyl groups is 1. The van der Waals surface area contributed by atoms with Crippen LogP contribution in [0.2, 0.25) is 5.02 Å². The summed E-state index contributed by atoms with van der Waals surface area (Å²) in [5.74, 6) is -0.319. The molecule has 78 valence electrons. The third kappa shape index (κ3) is 2.87. The third-order valence-electron chi connectivity index (χ3n) is 1.79. The van der Waals surface area contributed by atoms with Crippen molar-refractivity contribution >= 4 is 23.4 Å². The fourth-order valence-corrected chi connectivity index (χ4v) is 2.24. The first-order valence-electron chi connectivity index (χ1n) is 4.24. The normalized spacial score (nSPS) is 12.9. The molecule has 4 heteroatoms. The molecule has 1 atom stereocenters. The lowest BCUT2D eigenvalue weighted by Crippen LogP contribution is -2.04. The van der Waals surface area contributed by atoms with Crippen molar-refractivity contribution < 1.29 is 9.50 Å². The van der Waals surface area contributed by atoms with Gasteiger partial charge in [0.15, 0.2) is 0 Å². The zero-order chi connectivity index (χ0) is 10.7. The molecule has 1 rings (SSSR count). The first-order chi connectivity index (χ1) is 6.54. The summed E-state index contributed by atoms with van der Waals surface area (Å²) in [5.41, 5.74) is 0.723. The van der Waals surface area contributed by atoms with E-state index < -0.39 is 6.10 Å². The molecule has 1 N–H and O–H groups in total. The van der Waals surface area contributed by atoms with Crippen molar-refractivity contribution in [3.05, 3.63) is 28.5 Å². The van der Waals surface area contributed by atoms with Crippen molar-refractivity contribution in [1.82, 2.24) is 0 Å². The van der Waals surface area contributed by atoms with Gasteiger partial charge in [0.05, 0.1) is 16.0 Å². The van der Waals surface area contributed by atoms with Crippen LogP contribution in [-0.4, -0.2) is 17.5 Å². The molecule has 0 saturated carbocycles. The van der Waals surface area contributed by atoms with Gasteiger partial charge in [0.25, 0.3) is 0 Å². The van der Waals surface area contributed by atoms with Crippen molar-refractivity contribution in [3.63, 3.8) is 0 Å². The molecule has 0 aromatic heterocycles. The number of benzene rings is 1. The van der Waals surface area contributed by atoms with Gasteiger partial charge in [-0.2, -0.15) is 0 Å². The molecule has 1 aromatic carbocycles. The molecule has 14 heavy (non-hydrogen) atoms. The lowest BCUT2D eigenvalue weighted by molar-refractivity contribution is 0.195. The molecule has 1 aromatic rings. The molecule has 0 bridgehead atoms. The van der Waals surface area contributed by atoms with E-state index in [1.54, 1.807) is 19.2 Å². The summed E-state index contributed by atoms with van der Waals surface area (Å²) in [6.07, 6.45) is 1.72. The lowest BCUT2D eigenvalue weighted by Gasteiger charge is -2.08. The molecular formula is C10H12ClFOS. The molecule has 0 fully saturated rings. The van der Waals surface area contributed by atoms with Crippen LogP contribution in [0, 0.1) is 5.82 Å². The van der Waals surface area contributed by atoms with E-state index in [0.717, 1.165) is 5.56 Å². The van der Waals surface area contributed by atoms with E-state index in [1.165, 1.54) is 17.8 Å². The van der Waals surface area contributed by atoms with E-state index >= 15 is 0 Å². The summed E-state index contributed by atoms with van der Waals surface area (Å²) in [5, 5.41) is 9.55. The van der Waals surface area contributed by atoms with Gasteiger partial charge in [0.1, 0.15) is 5.82 Å². The van der Waals surface area contributed by atoms with Crippen molar-refractivity contribution in [3.8, 4) is 0 Å². The fourth-order valence-electron chi connectivity index (χ4n) is 1.27. The Morgan fingerprint density at radius 2 is 2.21 bits per heavy atom. The zero-order valence-electron chi connectivity index (χ0n) is 8.05. The second kappa shape index (κ2) is 5.01. The summed E-state index contributed by atoms with van der Waals surface area (Å²) in [6, 6.07) is 3.12. The molecule has 0 spiro atoms. The van der Waals surface area contributed by atoms with E-state index in [0.29, 0.717) is 16.3 Å². The first kappa shape index (κ1) is 11.8. The van der Waals surface area contributed by atoms with Gasteiger partial charge in [-0.1, -0.05) is 11.6 Å². The van der Waals surface area contributed by atoms with E-state index in [1.807, 2.05) is 0 Å². The highest BCUT2D eigenvalue weighted by Crippen LogP contribution is 2.29. The molecule has 0 aliphatic rings. The van der Waals surface area contributed by atoms with Crippen molar-refractivity contribution in [1.29, 1.82) is 0 Å². The van der Waals surface area contributed by atoms with Gasteiger partial charge in [-0.25, -0.2) is 4.39 Å². The SMILES string of the molecule is CSc1c(F)cc(CC(C)O)cc1Cl. The van der Waals surface area contributed by atoms with Crippen molar-refractivity contribution in [2.24, 2.45) is 0 Å². The Bertz CT molecular complexity index is 305. The maximum absolute atomic E-state index is 13.4. The Morgan fingerprint density at radius 3 is 2.64 bits per heavy atom. The van der Waals surface area contributed by atoms with Crippen LogP contribution in [-0.2, 0) is 6.42 Å². The van der Waals surface area contributed by atoms with Gasteiger partial charge < -0.3 is 5.11 Å². The maximum atomic E-state index is 13.4. The number of halogens is 2. The lowest BCUT2D eigenvalue weighted by atomic mass is 10.1. The summed E-state index contributed by atoms with van der Waals surface area (Å²) in [4.78, 5) is 0.459. The summed E-state index contributed by atoms with van der Waals surface area (Å²) in [7, 11) is 0. The molecule has 1 unspecified atom stereocenters. The molecule has 1 nitrogen and oxygen atoms in total. The van der Waals surface area contributed by atoms with Gasteiger partial charge in [-0.15, -0.1) is 11.8 Å². The standard InChI is InChI=1S/C10H12ClFOS/c1-6(13)3-7-4-8(11)10(14-2)9(12)5-7/h4-6,13H,3H2,1-2H3. The number of rotatable bonds is 3. The quantitative estimate of drug-likeness (QED) is 0.811. The average molecular weight is 235 g/mol. The molecule has 0 aliphatic carbocycles. The predicted octanol–water partition coefficient (Wildman–Crippen LogP) is 3.12. The Hall–Kier alpha value is -0.250. The number of hydrogen-bond acceptors (Lipinski definition) is 2. The first-order valence-corrected chi connectivity index (χ1v) is 5.85. The highest BCUT2D eigenvalue weighted by atomic mass is 35.5. The van der Waals surface area contributed by atoms with Crippen molar-refractivity contribution in [2.75, 3.05) is 6.26 Å². The van der Waals surface area contributed by atoms with Crippen LogP contribution >= 0.6 is 23.4 Å². The molecule has 0 heterocycles. The Balaban J connectivity index is 3.01. The maximum Gasteiger partial charge on any atom is 0.138 e. The van der Waals surface area contributed by atoms with Crippen molar-refractivity contribution in [2.45, 2.75) is 24.3 Å². The van der Waals surface area contributed by atoms with Crippen LogP contribution in [0.4, 0.5) is 4.39 Å². The van der Waals surface area contributed by atoms with Gasteiger partial charge in [0.2, 0.25) is 0 Å². The molecule has 0 aliphatic heterocycles. The van der Waals surface area contributed by atoms with E-state index in [4.69, 9.17) is 16.7 Å². The Morgan fingerprint density at radius 1 is 1.57 bits per heavy atom. The minimum Gasteiger partial charge on any atom is -0.393 e. The summed E-state index contributed by atoms with van der Waals surface area (Å²) in [6.45, 7) is 1.66. The highest BCUT2D eigenvalue weighted by Gasteiger charge is 2.09. The highest BCUT2D eigenvalue weighted by molar-refractivity contribution is 7.98. The minimum atomic E-state index is -0.481. The minimum absolute atomic E-state index is 0.319. The topological polar surface area (TPSA) is 20.2 Å². The smallest absolute Gasteiger partial charge is 0.138 e. The van der Waals surface area contributed by atoms with Gasteiger partial charge in [-0.3, -0.25) is 0 Å². The monoisotopic (exact) mass is 234 g/mol.